The van der Waals surface area contributed by atoms with Crippen LogP contribution in [-0.4, -0.2) is 21.8 Å². The minimum atomic E-state index is -2.81. The van der Waals surface area contributed by atoms with Gasteiger partial charge in [0.25, 0.3) is 0 Å². The third kappa shape index (κ3) is 11.1. The molecule has 7 heteroatoms. The monoisotopic (exact) mass is 379 g/mol. The van der Waals surface area contributed by atoms with Gasteiger partial charge in [-0.05, 0) is 44.9 Å². The van der Waals surface area contributed by atoms with Crippen molar-refractivity contribution in [1.82, 2.24) is 0 Å². The Balaban J connectivity index is 3.78. The van der Waals surface area contributed by atoms with Crippen molar-refractivity contribution in [2.24, 2.45) is 0 Å². The first-order valence-electron chi connectivity index (χ1n) is 9.64. The van der Waals surface area contributed by atoms with E-state index in [9.17, 15) is 25.0 Å². The number of nitro groups is 2. The summed E-state index contributed by atoms with van der Waals surface area (Å²) in [6.45, 7) is 2.20. The lowest BCUT2D eigenvalue weighted by Gasteiger charge is -2.09. The molecule has 0 spiro atoms. The van der Waals surface area contributed by atoms with E-state index in [4.69, 9.17) is 0 Å². The Labute approximate surface area is 161 Å². The van der Waals surface area contributed by atoms with E-state index in [0.29, 0.717) is 6.42 Å². The number of nitrogens with zero attached hydrogens (tertiary/aromatic N) is 2. The lowest BCUT2D eigenvalue weighted by atomic mass is 10.0. The maximum Gasteiger partial charge on any atom is 0.523 e. The minimum absolute atomic E-state index is 0.246. The number of rotatable bonds is 17. The molecular weight excluding hydrogens is 348 g/mol. The summed E-state index contributed by atoms with van der Waals surface area (Å²) >= 11 is 0. The molecule has 0 unspecified atom stereocenters. The molecule has 0 aliphatic rings. The van der Waals surface area contributed by atoms with E-state index in [1.54, 1.807) is 0 Å². The number of hydrogen-bond donors (Lipinski definition) is 0. The Morgan fingerprint density at radius 1 is 0.778 bits per heavy atom. The summed E-state index contributed by atoms with van der Waals surface area (Å²) in [5.41, 5.74) is -2.81. The highest BCUT2D eigenvalue weighted by atomic mass is 16.7. The first-order valence-corrected chi connectivity index (χ1v) is 9.64. The van der Waals surface area contributed by atoms with Crippen molar-refractivity contribution in [2.75, 3.05) is 0 Å². The molecule has 0 aromatic rings. The summed E-state index contributed by atoms with van der Waals surface area (Å²) in [6, 6.07) is 0. The zero-order chi connectivity index (χ0) is 20.4. The van der Waals surface area contributed by atoms with Gasteiger partial charge in [0.2, 0.25) is 0 Å². The van der Waals surface area contributed by atoms with E-state index >= 15 is 0 Å². The summed E-state index contributed by atoms with van der Waals surface area (Å²) in [4.78, 5) is 29.9. The molecule has 7 nitrogen and oxygen atoms in total. The Bertz CT molecular complexity index is 512. The Morgan fingerprint density at radius 2 is 1.26 bits per heavy atom. The largest absolute Gasteiger partial charge is 0.523 e. The highest BCUT2D eigenvalue weighted by molar-refractivity contribution is 5.59. The molecule has 0 aliphatic heterocycles. The third-order valence-electron chi connectivity index (χ3n) is 4.18. The first kappa shape index (κ1) is 24.7. The van der Waals surface area contributed by atoms with Crippen molar-refractivity contribution >= 4 is 6.29 Å². The van der Waals surface area contributed by atoms with Crippen LogP contribution < -0.4 is 0 Å². The Morgan fingerprint density at radius 3 is 1.70 bits per heavy atom. The molecule has 151 valence electrons. The molecule has 0 N–H and O–H groups in total. The van der Waals surface area contributed by atoms with Crippen LogP contribution in [0.5, 0.6) is 0 Å². The quantitative estimate of drug-likeness (QED) is 0.112. The first-order chi connectivity index (χ1) is 13.0. The molecular formula is C20H31N2O5. The van der Waals surface area contributed by atoms with Crippen LogP contribution in [0.4, 0.5) is 0 Å². The molecule has 0 atom stereocenters. The topological polar surface area (TPSA) is 103 Å². The fourth-order valence-electron chi connectivity index (χ4n) is 2.48. The highest BCUT2D eigenvalue weighted by Crippen LogP contribution is 2.18. The fourth-order valence-corrected chi connectivity index (χ4v) is 2.48. The lowest BCUT2D eigenvalue weighted by Crippen LogP contribution is -2.47. The predicted octanol–water partition coefficient (Wildman–Crippen LogP) is 5.33. The number of allylic oxidation sites excluding steroid dienone is 6. The van der Waals surface area contributed by atoms with Crippen LogP contribution >= 0.6 is 0 Å². The normalized spacial score (nSPS) is 12.3. The number of carbonyl (C=O) groups excluding carboxylic acids is 1. The molecule has 0 fully saturated rings. The summed E-state index contributed by atoms with van der Waals surface area (Å²) < 4.78 is 0. The Hall–Kier alpha value is -2.31. The summed E-state index contributed by atoms with van der Waals surface area (Å²) in [6.07, 6.45) is 22.5. The van der Waals surface area contributed by atoms with Gasteiger partial charge in [0, 0.05) is 0 Å². The van der Waals surface area contributed by atoms with Crippen LogP contribution in [0.15, 0.2) is 36.5 Å². The molecule has 0 rings (SSSR count). The average Bonchev–Trinajstić information content (AvgIpc) is 2.64. The van der Waals surface area contributed by atoms with E-state index in [0.717, 1.165) is 38.4 Å². The molecule has 0 saturated carbocycles. The van der Waals surface area contributed by atoms with Gasteiger partial charge in [0.05, 0.1) is 6.42 Å². The van der Waals surface area contributed by atoms with Crippen molar-refractivity contribution < 1.29 is 14.6 Å². The second-order valence-corrected chi connectivity index (χ2v) is 6.41. The molecule has 0 heterocycles. The standard InChI is InChI=1S/C20H31N2O5/c1-2-3-4-5-6-7-8-9-10-11-12-13-14-15-16-17-18-20(19-23,21(24)25)22(26)27/h6-7,9-10,12-13H,2-5,8,11,14-18H2,1H3/b7-6+,10-9+,13-12+. The van der Waals surface area contributed by atoms with Gasteiger partial charge in [0.15, 0.2) is 0 Å². The predicted molar refractivity (Wildman–Crippen MR) is 106 cm³/mol. The van der Waals surface area contributed by atoms with Gasteiger partial charge in [-0.3, -0.25) is 25.0 Å². The lowest BCUT2D eigenvalue weighted by molar-refractivity contribution is -0.772. The molecule has 1 radical (unpaired) electrons. The molecule has 0 aliphatic carbocycles. The maximum absolute atomic E-state index is 10.8. The van der Waals surface area contributed by atoms with Crippen molar-refractivity contribution in [3.8, 4) is 0 Å². The van der Waals surface area contributed by atoms with Gasteiger partial charge < -0.3 is 0 Å². The average molecular weight is 379 g/mol. The summed E-state index contributed by atoms with van der Waals surface area (Å²) in [7, 11) is 0. The maximum atomic E-state index is 10.8. The van der Waals surface area contributed by atoms with Gasteiger partial charge in [-0.1, -0.05) is 62.6 Å². The SMILES string of the molecule is CCCCC/C=C/C/C=C/C/C=C/CCCCCC([C]=O)([N+](=O)[O-])[N+](=O)[O-]. The van der Waals surface area contributed by atoms with E-state index < -0.39 is 21.9 Å². The van der Waals surface area contributed by atoms with Crippen LogP contribution in [0.25, 0.3) is 0 Å². The van der Waals surface area contributed by atoms with Crippen molar-refractivity contribution in [2.45, 2.75) is 83.2 Å². The van der Waals surface area contributed by atoms with Crippen molar-refractivity contribution in [1.29, 1.82) is 0 Å². The van der Waals surface area contributed by atoms with Crippen molar-refractivity contribution in [3.05, 3.63) is 56.7 Å². The number of unbranched alkanes of at least 4 members (excludes halogenated alkanes) is 6. The molecule has 27 heavy (non-hydrogen) atoms. The summed E-state index contributed by atoms with van der Waals surface area (Å²) in [5.74, 6) is 0. The highest BCUT2D eigenvalue weighted by Gasteiger charge is 2.57. The fraction of sp³-hybridized carbons (Fsp3) is 0.650. The van der Waals surface area contributed by atoms with E-state index in [-0.39, 0.29) is 6.42 Å². The second kappa shape index (κ2) is 15.9. The van der Waals surface area contributed by atoms with Crippen LogP contribution in [0.2, 0.25) is 0 Å². The zero-order valence-electron chi connectivity index (χ0n) is 16.2. The van der Waals surface area contributed by atoms with Gasteiger partial charge >= 0.3 is 11.9 Å². The molecule has 0 saturated heterocycles. The van der Waals surface area contributed by atoms with E-state index in [2.05, 4.69) is 37.3 Å². The van der Waals surface area contributed by atoms with Crippen molar-refractivity contribution in [3.63, 3.8) is 0 Å². The zero-order valence-corrected chi connectivity index (χ0v) is 16.2. The smallest absolute Gasteiger partial charge is 0.273 e. The van der Waals surface area contributed by atoms with Gasteiger partial charge in [-0.15, -0.1) is 0 Å². The summed E-state index contributed by atoms with van der Waals surface area (Å²) in [5, 5.41) is 21.5. The van der Waals surface area contributed by atoms with Crippen LogP contribution in [0.1, 0.15) is 77.6 Å². The van der Waals surface area contributed by atoms with Crippen LogP contribution in [0, 0.1) is 20.2 Å². The molecule has 0 bridgehead atoms. The van der Waals surface area contributed by atoms with E-state index in [1.165, 1.54) is 19.3 Å². The second-order valence-electron chi connectivity index (χ2n) is 6.41. The molecule has 0 aromatic heterocycles. The van der Waals surface area contributed by atoms with Gasteiger partial charge in [-0.25, -0.2) is 0 Å². The minimum Gasteiger partial charge on any atom is -0.273 e. The third-order valence-corrected chi connectivity index (χ3v) is 4.18. The van der Waals surface area contributed by atoms with E-state index in [1.807, 2.05) is 6.08 Å². The van der Waals surface area contributed by atoms with Gasteiger partial charge in [0.1, 0.15) is 9.85 Å². The van der Waals surface area contributed by atoms with Crippen LogP contribution in [0.3, 0.4) is 0 Å². The Kier molecular flexibility index (Phi) is 14.5. The number of hydrogen-bond acceptors (Lipinski definition) is 5. The molecule has 0 aromatic carbocycles. The van der Waals surface area contributed by atoms with Crippen LogP contribution in [-0.2, 0) is 4.79 Å². The molecule has 0 amide bonds. The van der Waals surface area contributed by atoms with Gasteiger partial charge in [-0.2, -0.15) is 0 Å².